The van der Waals surface area contributed by atoms with Crippen LogP contribution < -0.4 is 9.62 Å². The van der Waals surface area contributed by atoms with Gasteiger partial charge in [-0.1, -0.05) is 90.5 Å². The lowest BCUT2D eigenvalue weighted by Gasteiger charge is -2.35. The third kappa shape index (κ3) is 8.32. The molecule has 1 N–H and O–H groups in total. The number of amides is 2. The maximum Gasteiger partial charge on any atom is 0.264 e. The van der Waals surface area contributed by atoms with Crippen LogP contribution in [-0.4, -0.2) is 43.3 Å². The van der Waals surface area contributed by atoms with Gasteiger partial charge in [-0.2, -0.15) is 0 Å². The number of hydrogen-bond donors (Lipinski definition) is 1. The molecule has 0 aliphatic heterocycles. The molecule has 0 aliphatic rings. The summed E-state index contributed by atoms with van der Waals surface area (Å²) in [6.45, 7) is 6.81. The Hall–Kier alpha value is -4.50. The second-order valence-electron chi connectivity index (χ2n) is 11.7. The fraction of sp³-hybridized carbons (Fsp3) is 0.257. The summed E-state index contributed by atoms with van der Waals surface area (Å²) < 4.78 is 43.8. The molecule has 1 atom stereocenters. The highest BCUT2D eigenvalue weighted by atomic mass is 32.2. The van der Waals surface area contributed by atoms with E-state index >= 15 is 4.39 Å². The highest BCUT2D eigenvalue weighted by Crippen LogP contribution is 2.27. The molecule has 0 fully saturated rings. The van der Waals surface area contributed by atoms with Gasteiger partial charge in [-0.25, -0.2) is 12.8 Å². The molecule has 44 heavy (non-hydrogen) atoms. The van der Waals surface area contributed by atoms with Gasteiger partial charge in [0.05, 0.1) is 10.6 Å². The van der Waals surface area contributed by atoms with Crippen molar-refractivity contribution in [2.24, 2.45) is 0 Å². The van der Waals surface area contributed by atoms with Crippen molar-refractivity contribution in [3.05, 3.63) is 132 Å². The Bertz CT molecular complexity index is 1670. The molecule has 7 nitrogen and oxygen atoms in total. The first kappa shape index (κ1) is 32.4. The predicted octanol–water partition coefficient (Wildman–Crippen LogP) is 5.88. The third-order valence-corrected chi connectivity index (χ3v) is 8.75. The van der Waals surface area contributed by atoms with Gasteiger partial charge < -0.3 is 10.2 Å². The molecule has 0 radical (unpaired) electrons. The second kappa shape index (κ2) is 13.9. The SMILES string of the molecule is Cc1ccc(CN(C(=O)CN(c2ccccc2F)S(=O)(=O)c2ccccc2)[C@H](Cc2ccccc2)C(=O)NC(C)(C)C)cc1. The maximum atomic E-state index is 15.2. The number of hydrogen-bond acceptors (Lipinski definition) is 4. The summed E-state index contributed by atoms with van der Waals surface area (Å²) in [4.78, 5) is 29.6. The summed E-state index contributed by atoms with van der Waals surface area (Å²) in [6, 6.07) is 28.9. The Morgan fingerprint density at radius 2 is 1.36 bits per heavy atom. The maximum absolute atomic E-state index is 15.2. The highest BCUT2D eigenvalue weighted by molar-refractivity contribution is 7.92. The summed E-state index contributed by atoms with van der Waals surface area (Å²) in [5.74, 6) is -1.83. The molecule has 0 aliphatic carbocycles. The van der Waals surface area contributed by atoms with Crippen molar-refractivity contribution in [1.29, 1.82) is 0 Å². The summed E-state index contributed by atoms with van der Waals surface area (Å²) >= 11 is 0. The largest absolute Gasteiger partial charge is 0.350 e. The average molecular weight is 616 g/mol. The molecule has 0 aromatic heterocycles. The number of aryl methyl sites for hydroxylation is 1. The molecule has 0 spiro atoms. The number of carbonyl (C=O) groups excluding carboxylic acids is 2. The van der Waals surface area contributed by atoms with Crippen molar-refractivity contribution >= 4 is 27.5 Å². The standard InChI is InChI=1S/C35H38FN3O4S/c1-26-19-21-28(22-20-26)24-38(32(34(41)37-35(2,3)4)23-27-13-7-5-8-14-27)33(40)25-39(31-18-12-11-17-30(31)36)44(42,43)29-15-9-6-10-16-29/h5-22,32H,23-25H2,1-4H3,(H,37,41)/t32-/m1/s1. The van der Waals surface area contributed by atoms with E-state index in [9.17, 15) is 18.0 Å². The lowest BCUT2D eigenvalue weighted by molar-refractivity contribution is -0.140. The molecule has 0 saturated heterocycles. The number of rotatable bonds is 11. The van der Waals surface area contributed by atoms with Crippen LogP contribution in [0.25, 0.3) is 0 Å². The van der Waals surface area contributed by atoms with Gasteiger partial charge in [0, 0.05) is 18.5 Å². The molecule has 230 valence electrons. The van der Waals surface area contributed by atoms with Crippen molar-refractivity contribution in [1.82, 2.24) is 10.2 Å². The van der Waals surface area contributed by atoms with E-state index in [0.717, 1.165) is 27.1 Å². The molecule has 4 rings (SSSR count). The van der Waals surface area contributed by atoms with Gasteiger partial charge in [0.25, 0.3) is 10.0 Å². The van der Waals surface area contributed by atoms with Crippen LogP contribution in [0.4, 0.5) is 10.1 Å². The number of benzene rings is 4. The minimum Gasteiger partial charge on any atom is -0.350 e. The quantitative estimate of drug-likeness (QED) is 0.228. The van der Waals surface area contributed by atoms with E-state index in [4.69, 9.17) is 0 Å². The number of carbonyl (C=O) groups is 2. The molecular weight excluding hydrogens is 577 g/mol. The Morgan fingerprint density at radius 3 is 1.95 bits per heavy atom. The van der Waals surface area contributed by atoms with E-state index < -0.39 is 39.9 Å². The van der Waals surface area contributed by atoms with Gasteiger partial charge >= 0.3 is 0 Å². The van der Waals surface area contributed by atoms with E-state index in [-0.39, 0.29) is 29.5 Å². The number of sulfonamides is 1. The summed E-state index contributed by atoms with van der Waals surface area (Å²) in [7, 11) is -4.37. The zero-order chi connectivity index (χ0) is 31.9. The van der Waals surface area contributed by atoms with Crippen LogP contribution in [0.2, 0.25) is 0 Å². The fourth-order valence-electron chi connectivity index (χ4n) is 4.78. The lowest BCUT2D eigenvalue weighted by atomic mass is 10.0. The first-order chi connectivity index (χ1) is 20.8. The van der Waals surface area contributed by atoms with Crippen molar-refractivity contribution in [2.45, 2.75) is 57.1 Å². The molecule has 4 aromatic rings. The molecule has 0 heterocycles. The van der Waals surface area contributed by atoms with Crippen molar-refractivity contribution < 1.29 is 22.4 Å². The van der Waals surface area contributed by atoms with Crippen LogP contribution in [-0.2, 0) is 32.6 Å². The summed E-state index contributed by atoms with van der Waals surface area (Å²) in [5.41, 5.74) is 1.75. The van der Waals surface area contributed by atoms with E-state index in [1.165, 1.54) is 35.2 Å². The minimum absolute atomic E-state index is 0.0324. The molecular formula is C35H38FN3O4S. The second-order valence-corrected chi connectivity index (χ2v) is 13.6. The molecule has 0 saturated carbocycles. The predicted molar refractivity (Wildman–Crippen MR) is 171 cm³/mol. The van der Waals surface area contributed by atoms with Crippen LogP contribution >= 0.6 is 0 Å². The molecule has 0 bridgehead atoms. The zero-order valence-corrected chi connectivity index (χ0v) is 26.2. The van der Waals surface area contributed by atoms with E-state index in [2.05, 4.69) is 5.32 Å². The van der Waals surface area contributed by atoms with Crippen molar-refractivity contribution in [3.8, 4) is 0 Å². The van der Waals surface area contributed by atoms with Gasteiger partial charge in [0.15, 0.2) is 0 Å². The first-order valence-electron chi connectivity index (χ1n) is 14.4. The third-order valence-electron chi connectivity index (χ3n) is 6.97. The summed E-state index contributed by atoms with van der Waals surface area (Å²) in [5, 5.41) is 3.00. The Kier molecular flexibility index (Phi) is 10.2. The van der Waals surface area contributed by atoms with Gasteiger partial charge in [0.1, 0.15) is 18.4 Å². The zero-order valence-electron chi connectivity index (χ0n) is 25.4. The van der Waals surface area contributed by atoms with E-state index in [1.807, 2.05) is 82.3 Å². The summed E-state index contributed by atoms with van der Waals surface area (Å²) in [6.07, 6.45) is 0.186. The van der Waals surface area contributed by atoms with Gasteiger partial charge in [-0.05, 0) is 63.1 Å². The average Bonchev–Trinajstić information content (AvgIpc) is 2.99. The highest BCUT2D eigenvalue weighted by Gasteiger charge is 2.36. The first-order valence-corrected chi connectivity index (χ1v) is 15.8. The van der Waals surface area contributed by atoms with Crippen molar-refractivity contribution in [3.63, 3.8) is 0 Å². The molecule has 0 unspecified atom stereocenters. The number of halogens is 1. The Morgan fingerprint density at radius 1 is 0.795 bits per heavy atom. The van der Waals surface area contributed by atoms with Crippen LogP contribution in [0.5, 0.6) is 0 Å². The van der Waals surface area contributed by atoms with Crippen molar-refractivity contribution in [2.75, 3.05) is 10.8 Å². The van der Waals surface area contributed by atoms with Crippen LogP contribution in [0.3, 0.4) is 0 Å². The van der Waals surface area contributed by atoms with Gasteiger partial charge in [0.2, 0.25) is 11.8 Å². The Labute approximate surface area is 259 Å². The smallest absolute Gasteiger partial charge is 0.264 e. The number of anilines is 1. The minimum atomic E-state index is -4.37. The Balaban J connectivity index is 1.82. The lowest BCUT2D eigenvalue weighted by Crippen LogP contribution is -2.56. The fourth-order valence-corrected chi connectivity index (χ4v) is 6.23. The number of para-hydroxylation sites is 1. The molecule has 4 aromatic carbocycles. The molecule has 9 heteroatoms. The molecule has 2 amide bonds. The van der Waals surface area contributed by atoms with Gasteiger partial charge in [-0.15, -0.1) is 0 Å². The van der Waals surface area contributed by atoms with Crippen LogP contribution in [0.1, 0.15) is 37.5 Å². The van der Waals surface area contributed by atoms with Crippen LogP contribution in [0.15, 0.2) is 114 Å². The topological polar surface area (TPSA) is 86.8 Å². The number of nitrogens with zero attached hydrogens (tertiary/aromatic N) is 2. The monoisotopic (exact) mass is 615 g/mol. The number of nitrogens with one attached hydrogen (secondary N) is 1. The normalized spacial score (nSPS) is 12.3. The van der Waals surface area contributed by atoms with E-state index in [1.54, 1.807) is 18.2 Å². The van der Waals surface area contributed by atoms with Gasteiger partial charge in [-0.3, -0.25) is 13.9 Å². The van der Waals surface area contributed by atoms with E-state index in [0.29, 0.717) is 0 Å². The van der Waals surface area contributed by atoms with Crippen LogP contribution in [0, 0.1) is 12.7 Å².